The second kappa shape index (κ2) is 8.24. The van der Waals surface area contributed by atoms with E-state index in [-0.39, 0.29) is 21.7 Å². The quantitative estimate of drug-likeness (QED) is 0.593. The molecule has 0 aromatic heterocycles. The first-order chi connectivity index (χ1) is 12.3. The lowest BCUT2D eigenvalue weighted by molar-refractivity contribution is 0.0587. The highest BCUT2D eigenvalue weighted by molar-refractivity contribution is 7.98. The predicted molar refractivity (Wildman–Crippen MR) is 98.2 cm³/mol. The average molecular weight is 395 g/mol. The first-order valence-corrected chi connectivity index (χ1v) is 10.0. The molecular weight excluding hydrogens is 378 g/mol. The van der Waals surface area contributed by atoms with Gasteiger partial charge in [-0.1, -0.05) is 0 Å². The van der Waals surface area contributed by atoms with E-state index in [2.05, 4.69) is 14.2 Å². The van der Waals surface area contributed by atoms with Crippen LogP contribution in [0.1, 0.15) is 20.7 Å². The first-order valence-electron chi connectivity index (χ1n) is 7.30. The molecule has 0 aliphatic heterocycles. The molecule has 138 valence electrons. The van der Waals surface area contributed by atoms with Crippen LogP contribution >= 0.6 is 11.8 Å². The van der Waals surface area contributed by atoms with E-state index >= 15 is 0 Å². The highest BCUT2D eigenvalue weighted by Gasteiger charge is 2.21. The van der Waals surface area contributed by atoms with Gasteiger partial charge >= 0.3 is 11.9 Å². The molecule has 0 amide bonds. The third-order valence-corrected chi connectivity index (χ3v) is 5.59. The Balaban J connectivity index is 2.47. The molecule has 9 heteroatoms. The Morgan fingerprint density at radius 2 is 1.58 bits per heavy atom. The van der Waals surface area contributed by atoms with Gasteiger partial charge in [-0.05, 0) is 48.7 Å². The molecule has 0 saturated carbocycles. The van der Waals surface area contributed by atoms with Crippen molar-refractivity contribution in [2.24, 2.45) is 0 Å². The van der Waals surface area contributed by atoms with Crippen LogP contribution in [0.25, 0.3) is 0 Å². The van der Waals surface area contributed by atoms with Crippen LogP contribution in [-0.4, -0.2) is 40.8 Å². The number of esters is 2. The number of thioether (sulfide) groups is 1. The molecule has 0 aliphatic carbocycles. The summed E-state index contributed by atoms with van der Waals surface area (Å²) in [6, 6.07) is 10.1. The number of carbonyl (C=O) groups excluding carboxylic acids is 2. The summed E-state index contributed by atoms with van der Waals surface area (Å²) in [4.78, 5) is 24.6. The van der Waals surface area contributed by atoms with E-state index in [9.17, 15) is 18.0 Å². The maximum Gasteiger partial charge on any atom is 0.339 e. The smallest absolute Gasteiger partial charge is 0.339 e. The van der Waals surface area contributed by atoms with E-state index in [1.54, 1.807) is 12.1 Å². The number of methoxy groups -OCH3 is 2. The Morgan fingerprint density at radius 1 is 0.962 bits per heavy atom. The highest BCUT2D eigenvalue weighted by atomic mass is 32.2. The van der Waals surface area contributed by atoms with Crippen LogP contribution in [0.5, 0.6) is 0 Å². The second-order valence-corrected chi connectivity index (χ2v) is 7.59. The van der Waals surface area contributed by atoms with Crippen molar-refractivity contribution in [1.82, 2.24) is 0 Å². The van der Waals surface area contributed by atoms with E-state index in [0.717, 1.165) is 4.90 Å². The fraction of sp³-hybridized carbons (Fsp3) is 0.176. The molecule has 2 aromatic carbocycles. The van der Waals surface area contributed by atoms with Crippen molar-refractivity contribution in [2.75, 3.05) is 25.2 Å². The van der Waals surface area contributed by atoms with Crippen LogP contribution < -0.4 is 4.72 Å². The summed E-state index contributed by atoms with van der Waals surface area (Å²) in [5, 5.41) is 0. The molecule has 2 rings (SSSR count). The SMILES string of the molecule is COC(=O)c1ccc(C(=O)OC)c(NS(=O)(=O)c2ccc(SC)cc2)c1. The molecule has 2 aromatic rings. The van der Waals surface area contributed by atoms with Gasteiger partial charge in [-0.3, -0.25) is 4.72 Å². The maximum atomic E-state index is 12.6. The lowest BCUT2D eigenvalue weighted by Crippen LogP contribution is -2.17. The van der Waals surface area contributed by atoms with Gasteiger partial charge in [0.15, 0.2) is 0 Å². The van der Waals surface area contributed by atoms with Gasteiger partial charge in [0, 0.05) is 4.90 Å². The van der Waals surface area contributed by atoms with Crippen LogP contribution in [0.15, 0.2) is 52.3 Å². The van der Waals surface area contributed by atoms with E-state index in [4.69, 9.17) is 0 Å². The van der Waals surface area contributed by atoms with Crippen molar-refractivity contribution in [1.29, 1.82) is 0 Å². The minimum absolute atomic E-state index is 0.0228. The lowest BCUT2D eigenvalue weighted by Gasteiger charge is -2.13. The zero-order chi connectivity index (χ0) is 19.3. The van der Waals surface area contributed by atoms with Crippen LogP contribution in [-0.2, 0) is 19.5 Å². The number of rotatable bonds is 6. The zero-order valence-electron chi connectivity index (χ0n) is 14.3. The van der Waals surface area contributed by atoms with Crippen LogP contribution in [0.3, 0.4) is 0 Å². The summed E-state index contributed by atoms with van der Waals surface area (Å²) in [5.74, 6) is -1.40. The summed E-state index contributed by atoms with van der Waals surface area (Å²) in [6.45, 7) is 0. The van der Waals surface area contributed by atoms with Gasteiger partial charge in [-0.15, -0.1) is 11.8 Å². The Hall–Kier alpha value is -2.52. The molecule has 26 heavy (non-hydrogen) atoms. The summed E-state index contributed by atoms with van der Waals surface area (Å²) in [5.41, 5.74) is -0.00580. The number of benzene rings is 2. The third-order valence-electron chi connectivity index (χ3n) is 3.46. The molecule has 0 heterocycles. The van der Waals surface area contributed by atoms with Crippen molar-refractivity contribution in [3.8, 4) is 0 Å². The number of carbonyl (C=O) groups is 2. The Kier molecular flexibility index (Phi) is 6.27. The van der Waals surface area contributed by atoms with E-state index < -0.39 is 22.0 Å². The monoisotopic (exact) mass is 395 g/mol. The Labute approximate surface area is 155 Å². The molecule has 0 atom stereocenters. The summed E-state index contributed by atoms with van der Waals surface area (Å²) >= 11 is 1.48. The van der Waals surface area contributed by atoms with Crippen LogP contribution in [0, 0.1) is 0 Å². The normalized spacial score (nSPS) is 10.9. The number of anilines is 1. The zero-order valence-corrected chi connectivity index (χ0v) is 15.9. The molecule has 1 N–H and O–H groups in total. The minimum atomic E-state index is -3.97. The van der Waals surface area contributed by atoms with Crippen molar-refractivity contribution < 1.29 is 27.5 Å². The molecule has 0 fully saturated rings. The van der Waals surface area contributed by atoms with E-state index in [1.807, 2.05) is 6.26 Å². The van der Waals surface area contributed by atoms with Crippen LogP contribution in [0.4, 0.5) is 5.69 Å². The molecule has 0 radical (unpaired) electrons. The van der Waals surface area contributed by atoms with Gasteiger partial charge in [-0.25, -0.2) is 18.0 Å². The number of nitrogens with one attached hydrogen (secondary N) is 1. The molecule has 0 saturated heterocycles. The fourth-order valence-corrected chi connectivity index (χ4v) is 3.60. The number of hydrogen-bond acceptors (Lipinski definition) is 7. The maximum absolute atomic E-state index is 12.6. The lowest BCUT2D eigenvalue weighted by atomic mass is 10.1. The van der Waals surface area contributed by atoms with Crippen molar-refractivity contribution in [3.63, 3.8) is 0 Å². The first kappa shape index (κ1) is 19.8. The number of ether oxygens (including phenoxy) is 2. The third kappa shape index (κ3) is 4.36. The highest BCUT2D eigenvalue weighted by Crippen LogP contribution is 2.24. The standard InChI is InChI=1S/C17H17NO6S2/c1-23-16(19)11-4-9-14(17(20)24-2)15(10-11)18-26(21,22)13-7-5-12(25-3)6-8-13/h4-10,18H,1-3H3. The van der Waals surface area contributed by atoms with Gasteiger partial charge in [-0.2, -0.15) is 0 Å². The molecule has 0 aliphatic rings. The summed E-state index contributed by atoms with van der Waals surface area (Å²) in [7, 11) is -1.59. The van der Waals surface area contributed by atoms with Gasteiger partial charge < -0.3 is 9.47 Å². The molecule has 0 unspecified atom stereocenters. The van der Waals surface area contributed by atoms with Gasteiger partial charge in [0.05, 0.1) is 35.9 Å². The second-order valence-electron chi connectivity index (χ2n) is 5.02. The van der Waals surface area contributed by atoms with Crippen LogP contribution in [0.2, 0.25) is 0 Å². The van der Waals surface area contributed by atoms with Crippen molar-refractivity contribution >= 4 is 39.4 Å². The summed E-state index contributed by atoms with van der Waals surface area (Å²) < 4.78 is 36.9. The number of sulfonamides is 1. The Bertz CT molecular complexity index is 923. The summed E-state index contributed by atoms with van der Waals surface area (Å²) in [6.07, 6.45) is 1.88. The van der Waals surface area contributed by atoms with Gasteiger partial charge in [0.2, 0.25) is 0 Å². The van der Waals surface area contributed by atoms with Crippen molar-refractivity contribution in [2.45, 2.75) is 9.79 Å². The van der Waals surface area contributed by atoms with Gasteiger partial charge in [0.25, 0.3) is 10.0 Å². The molecule has 0 bridgehead atoms. The van der Waals surface area contributed by atoms with E-state index in [1.165, 1.54) is 56.3 Å². The largest absolute Gasteiger partial charge is 0.465 e. The molecule has 0 spiro atoms. The topological polar surface area (TPSA) is 98.8 Å². The average Bonchev–Trinajstić information content (AvgIpc) is 2.66. The van der Waals surface area contributed by atoms with Gasteiger partial charge in [0.1, 0.15) is 0 Å². The number of hydrogen-bond donors (Lipinski definition) is 1. The fourth-order valence-electron chi connectivity index (χ4n) is 2.12. The molecular formula is C17H17NO6S2. The predicted octanol–water partition coefficient (Wildman–Crippen LogP) is 2.78. The minimum Gasteiger partial charge on any atom is -0.465 e. The van der Waals surface area contributed by atoms with Crippen molar-refractivity contribution in [3.05, 3.63) is 53.6 Å². The Morgan fingerprint density at radius 3 is 2.12 bits per heavy atom. The molecule has 7 nitrogen and oxygen atoms in total. The van der Waals surface area contributed by atoms with E-state index in [0.29, 0.717) is 0 Å².